The van der Waals surface area contributed by atoms with Crippen LogP contribution in [0.2, 0.25) is 0 Å². The second-order valence-corrected chi connectivity index (χ2v) is 7.15. The Morgan fingerprint density at radius 3 is 2.19 bits per heavy atom. The lowest BCUT2D eigenvalue weighted by Crippen LogP contribution is -2.33. The van der Waals surface area contributed by atoms with Gasteiger partial charge in [0.15, 0.2) is 0 Å². The zero-order valence-electron chi connectivity index (χ0n) is 13.0. The van der Waals surface area contributed by atoms with Gasteiger partial charge in [0.25, 0.3) is 0 Å². The first-order chi connectivity index (χ1) is 9.99. The predicted molar refractivity (Wildman–Crippen MR) is 83.8 cm³/mol. The molecule has 2 N–H and O–H groups in total. The molecule has 3 rings (SSSR count). The van der Waals surface area contributed by atoms with Gasteiger partial charge < -0.3 is 10.5 Å². The Balaban J connectivity index is 1.69. The van der Waals surface area contributed by atoms with Gasteiger partial charge in [-0.05, 0) is 61.6 Å². The molecule has 0 bridgehead atoms. The first-order valence-corrected chi connectivity index (χ1v) is 8.07. The molecule has 2 unspecified atom stereocenters. The first kappa shape index (κ1) is 14.4. The van der Waals surface area contributed by atoms with Gasteiger partial charge in [-0.1, -0.05) is 26.0 Å². The fourth-order valence-corrected chi connectivity index (χ4v) is 3.77. The van der Waals surface area contributed by atoms with Crippen molar-refractivity contribution in [2.45, 2.75) is 57.5 Å². The van der Waals surface area contributed by atoms with Crippen molar-refractivity contribution in [1.29, 1.82) is 0 Å². The van der Waals surface area contributed by atoms with E-state index in [9.17, 15) is 4.79 Å². The van der Waals surface area contributed by atoms with E-state index in [1.807, 2.05) is 24.3 Å². The molecule has 3 nitrogen and oxygen atoms in total. The van der Waals surface area contributed by atoms with Crippen LogP contribution < -0.4 is 5.73 Å². The highest BCUT2D eigenvalue weighted by Crippen LogP contribution is 2.50. The van der Waals surface area contributed by atoms with Crippen molar-refractivity contribution >= 4 is 11.7 Å². The molecule has 2 fully saturated rings. The highest BCUT2D eigenvalue weighted by Gasteiger charge is 2.53. The van der Waals surface area contributed by atoms with Crippen LogP contribution in [0.3, 0.4) is 0 Å². The number of anilines is 1. The van der Waals surface area contributed by atoms with Gasteiger partial charge >= 0.3 is 5.97 Å². The SMILES string of the molecule is CC1CC(C)CC(OC(=O)C2(c3ccc(N)cc3)CC2)C1. The number of carbonyl (C=O) groups excluding carboxylic acids is 1. The lowest BCUT2D eigenvalue weighted by molar-refractivity contribution is -0.155. The maximum absolute atomic E-state index is 12.6. The molecule has 0 heterocycles. The fourth-order valence-electron chi connectivity index (χ4n) is 3.77. The normalized spacial score (nSPS) is 30.7. The predicted octanol–water partition coefficient (Wildman–Crippen LogP) is 3.67. The molecular formula is C18H25NO2. The van der Waals surface area contributed by atoms with Crippen molar-refractivity contribution in [2.24, 2.45) is 11.8 Å². The van der Waals surface area contributed by atoms with E-state index in [0.29, 0.717) is 11.8 Å². The van der Waals surface area contributed by atoms with Crippen molar-refractivity contribution in [1.82, 2.24) is 0 Å². The van der Waals surface area contributed by atoms with Gasteiger partial charge in [0.05, 0.1) is 5.41 Å². The molecule has 1 aromatic carbocycles. The number of nitrogen functional groups attached to an aromatic ring is 1. The number of carbonyl (C=O) groups is 1. The second-order valence-electron chi connectivity index (χ2n) is 7.15. The van der Waals surface area contributed by atoms with Crippen LogP contribution >= 0.6 is 0 Å². The van der Waals surface area contributed by atoms with Gasteiger partial charge in [0, 0.05) is 5.69 Å². The number of nitrogens with two attached hydrogens (primary N) is 1. The highest BCUT2D eigenvalue weighted by atomic mass is 16.5. The van der Waals surface area contributed by atoms with Crippen LogP contribution in [-0.4, -0.2) is 12.1 Å². The van der Waals surface area contributed by atoms with Gasteiger partial charge in [-0.25, -0.2) is 0 Å². The molecule has 2 atom stereocenters. The lowest BCUT2D eigenvalue weighted by atomic mass is 9.81. The van der Waals surface area contributed by atoms with Crippen molar-refractivity contribution in [2.75, 3.05) is 5.73 Å². The van der Waals surface area contributed by atoms with Crippen LogP contribution in [0.5, 0.6) is 0 Å². The summed E-state index contributed by atoms with van der Waals surface area (Å²) in [6, 6.07) is 7.67. The van der Waals surface area contributed by atoms with E-state index in [-0.39, 0.29) is 12.1 Å². The Bertz CT molecular complexity index is 509. The van der Waals surface area contributed by atoms with E-state index in [1.54, 1.807) is 0 Å². The van der Waals surface area contributed by atoms with Gasteiger partial charge in [0.1, 0.15) is 6.10 Å². The van der Waals surface area contributed by atoms with E-state index >= 15 is 0 Å². The summed E-state index contributed by atoms with van der Waals surface area (Å²) in [7, 11) is 0. The summed E-state index contributed by atoms with van der Waals surface area (Å²) in [5.41, 5.74) is 7.13. The average molecular weight is 287 g/mol. The van der Waals surface area contributed by atoms with E-state index in [4.69, 9.17) is 10.5 Å². The summed E-state index contributed by atoms with van der Waals surface area (Å²) in [5, 5.41) is 0. The second kappa shape index (κ2) is 5.36. The summed E-state index contributed by atoms with van der Waals surface area (Å²) >= 11 is 0. The van der Waals surface area contributed by atoms with Crippen molar-refractivity contribution in [3.63, 3.8) is 0 Å². The summed E-state index contributed by atoms with van der Waals surface area (Å²) in [6.45, 7) is 4.51. The number of esters is 1. The van der Waals surface area contributed by atoms with E-state index in [2.05, 4.69) is 13.8 Å². The number of hydrogen-bond acceptors (Lipinski definition) is 3. The van der Waals surface area contributed by atoms with E-state index in [0.717, 1.165) is 36.9 Å². The monoisotopic (exact) mass is 287 g/mol. The smallest absolute Gasteiger partial charge is 0.316 e. The maximum atomic E-state index is 12.6. The number of rotatable bonds is 3. The van der Waals surface area contributed by atoms with Gasteiger partial charge in [-0.15, -0.1) is 0 Å². The molecular weight excluding hydrogens is 262 g/mol. The molecule has 2 saturated carbocycles. The molecule has 0 saturated heterocycles. The lowest BCUT2D eigenvalue weighted by Gasteiger charge is -2.32. The number of hydrogen-bond donors (Lipinski definition) is 1. The molecule has 2 aliphatic rings. The zero-order valence-corrected chi connectivity index (χ0v) is 13.0. The fraction of sp³-hybridized carbons (Fsp3) is 0.611. The minimum atomic E-state index is -0.391. The molecule has 21 heavy (non-hydrogen) atoms. The topological polar surface area (TPSA) is 52.3 Å². The van der Waals surface area contributed by atoms with Crippen LogP contribution in [-0.2, 0) is 14.9 Å². The van der Waals surface area contributed by atoms with Gasteiger partial charge in [-0.2, -0.15) is 0 Å². The molecule has 3 heteroatoms. The first-order valence-electron chi connectivity index (χ1n) is 8.07. The quantitative estimate of drug-likeness (QED) is 0.681. The standard InChI is InChI=1S/C18H25NO2/c1-12-9-13(2)11-16(10-12)21-17(20)18(7-8-18)14-3-5-15(19)6-4-14/h3-6,12-13,16H,7-11,19H2,1-2H3. The summed E-state index contributed by atoms with van der Waals surface area (Å²) in [4.78, 5) is 12.6. The van der Waals surface area contributed by atoms with Crippen molar-refractivity contribution in [3.8, 4) is 0 Å². The Morgan fingerprint density at radius 2 is 1.67 bits per heavy atom. The minimum absolute atomic E-state index is 0.0291. The van der Waals surface area contributed by atoms with Crippen LogP contribution in [0.1, 0.15) is 51.5 Å². The maximum Gasteiger partial charge on any atom is 0.316 e. The Labute approximate surface area is 126 Å². The number of ether oxygens (including phenoxy) is 1. The van der Waals surface area contributed by atoms with E-state index in [1.165, 1.54) is 6.42 Å². The third kappa shape index (κ3) is 2.92. The third-order valence-corrected chi connectivity index (χ3v) is 5.01. The molecule has 0 radical (unpaired) electrons. The molecule has 1 aromatic rings. The van der Waals surface area contributed by atoms with Crippen LogP contribution in [0.15, 0.2) is 24.3 Å². The molecule has 114 valence electrons. The molecule has 0 amide bonds. The van der Waals surface area contributed by atoms with Crippen LogP contribution in [0.25, 0.3) is 0 Å². The van der Waals surface area contributed by atoms with Crippen molar-refractivity contribution < 1.29 is 9.53 Å². The summed E-state index contributed by atoms with van der Waals surface area (Å²) in [5.74, 6) is 1.27. The van der Waals surface area contributed by atoms with Crippen molar-refractivity contribution in [3.05, 3.63) is 29.8 Å². The van der Waals surface area contributed by atoms with Gasteiger partial charge in [-0.3, -0.25) is 4.79 Å². The third-order valence-electron chi connectivity index (χ3n) is 5.01. The Kier molecular flexibility index (Phi) is 3.68. The van der Waals surface area contributed by atoms with Crippen LogP contribution in [0.4, 0.5) is 5.69 Å². The molecule has 0 spiro atoms. The zero-order chi connectivity index (χ0) is 15.0. The minimum Gasteiger partial charge on any atom is -0.462 e. The molecule has 2 aliphatic carbocycles. The summed E-state index contributed by atoms with van der Waals surface area (Å²) in [6.07, 6.45) is 5.16. The molecule has 0 aliphatic heterocycles. The number of benzene rings is 1. The van der Waals surface area contributed by atoms with Crippen LogP contribution in [0, 0.1) is 11.8 Å². The summed E-state index contributed by atoms with van der Waals surface area (Å²) < 4.78 is 5.87. The largest absolute Gasteiger partial charge is 0.462 e. The Morgan fingerprint density at radius 1 is 1.10 bits per heavy atom. The van der Waals surface area contributed by atoms with E-state index < -0.39 is 5.41 Å². The van der Waals surface area contributed by atoms with Gasteiger partial charge in [0.2, 0.25) is 0 Å². The highest BCUT2D eigenvalue weighted by molar-refractivity contribution is 5.86. The Hall–Kier alpha value is -1.51. The molecule has 0 aromatic heterocycles. The average Bonchev–Trinajstić information content (AvgIpc) is 3.19.